The van der Waals surface area contributed by atoms with Crippen LogP contribution < -0.4 is 29.2 Å². The summed E-state index contributed by atoms with van der Waals surface area (Å²) >= 11 is 1.71. The lowest BCUT2D eigenvalue weighted by molar-refractivity contribution is 0.0710. The van der Waals surface area contributed by atoms with Gasteiger partial charge >= 0.3 is 6.03 Å². The van der Waals surface area contributed by atoms with E-state index >= 15 is 0 Å². The molecule has 4 aliphatic heterocycles. The fourth-order valence-corrected chi connectivity index (χ4v) is 10.3. The molecule has 4 heterocycles. The van der Waals surface area contributed by atoms with Crippen molar-refractivity contribution >= 4 is 42.7 Å². The number of nitrogens with one attached hydrogen (secondary N) is 1. The number of carbonyl (C=O) groups is 3. The van der Waals surface area contributed by atoms with Gasteiger partial charge in [0.15, 0.2) is 23.0 Å². The number of methoxy groups -OCH3 is 2. The molecule has 13 nitrogen and oxygen atoms in total. The Morgan fingerprint density at radius 2 is 1.52 bits per heavy atom. The van der Waals surface area contributed by atoms with E-state index in [1.807, 2.05) is 17.2 Å². The van der Waals surface area contributed by atoms with Crippen molar-refractivity contribution in [3.8, 4) is 23.0 Å². The molecule has 304 valence electrons. The molecule has 2 unspecified atom stereocenters. The number of thioether (sulfide) groups is 1. The molecule has 6 rings (SSSR count). The average Bonchev–Trinajstić information content (AvgIpc) is 3.71. The number of nitrogens with zero attached hydrogens (tertiary/aromatic N) is 3. The van der Waals surface area contributed by atoms with E-state index in [2.05, 4.69) is 25.4 Å². The van der Waals surface area contributed by atoms with E-state index in [4.69, 9.17) is 23.5 Å². The molecular formula is C41H55N4O9PS. The number of anilines is 1. The van der Waals surface area contributed by atoms with Crippen LogP contribution in [0.1, 0.15) is 59.4 Å². The minimum Gasteiger partial charge on any atom is -0.493 e. The zero-order chi connectivity index (χ0) is 40.1. The zero-order valence-corrected chi connectivity index (χ0v) is 34.9. The minimum absolute atomic E-state index is 0.0160. The first kappa shape index (κ1) is 41.5. The molecule has 4 atom stereocenters. The molecule has 56 heavy (non-hydrogen) atoms. The first-order chi connectivity index (χ1) is 26.9. The summed E-state index contributed by atoms with van der Waals surface area (Å²) in [6, 6.07) is 6.51. The topological polar surface area (TPSA) is 136 Å². The van der Waals surface area contributed by atoms with Crippen LogP contribution in [-0.2, 0) is 15.5 Å². The van der Waals surface area contributed by atoms with Crippen LogP contribution in [-0.4, -0.2) is 124 Å². The van der Waals surface area contributed by atoms with Gasteiger partial charge < -0.3 is 38.6 Å². The van der Waals surface area contributed by atoms with Crippen molar-refractivity contribution in [1.29, 1.82) is 0 Å². The van der Waals surface area contributed by atoms with Gasteiger partial charge in [0.05, 0.1) is 63.7 Å². The third-order valence-corrected chi connectivity index (χ3v) is 14.1. The molecule has 2 aromatic carbocycles. The highest BCUT2D eigenvalue weighted by atomic mass is 32.2. The Hall–Kier alpha value is -4.13. The second kappa shape index (κ2) is 18.0. The van der Waals surface area contributed by atoms with Gasteiger partial charge in [-0.1, -0.05) is 31.2 Å². The van der Waals surface area contributed by atoms with Crippen LogP contribution in [0.2, 0.25) is 0 Å². The molecule has 0 aliphatic carbocycles. The highest BCUT2D eigenvalue weighted by Gasteiger charge is 2.41. The Kier molecular flexibility index (Phi) is 13.3. The average molecular weight is 811 g/mol. The van der Waals surface area contributed by atoms with Crippen LogP contribution in [0.3, 0.4) is 0 Å². The molecule has 0 radical (unpaired) electrons. The Balaban J connectivity index is 1.15. The molecule has 0 saturated carbocycles. The number of urea groups is 1. The first-order valence-electron chi connectivity index (χ1n) is 19.3. The monoisotopic (exact) mass is 810 g/mol. The number of hydrogen-bond acceptors (Lipinski definition) is 10. The fourth-order valence-electron chi connectivity index (χ4n) is 8.16. The van der Waals surface area contributed by atoms with Crippen molar-refractivity contribution < 1.29 is 42.4 Å². The summed E-state index contributed by atoms with van der Waals surface area (Å²) in [7, 11) is -0.237. The van der Waals surface area contributed by atoms with E-state index in [0.717, 1.165) is 35.3 Å². The van der Waals surface area contributed by atoms with E-state index in [9.17, 15) is 18.9 Å². The quantitative estimate of drug-likeness (QED) is 0.114. The lowest BCUT2D eigenvalue weighted by Gasteiger charge is -2.26. The number of hydrogen-bond donors (Lipinski definition) is 1. The maximum absolute atomic E-state index is 14.1. The van der Waals surface area contributed by atoms with Gasteiger partial charge in [-0.15, -0.1) is 0 Å². The third-order valence-electron chi connectivity index (χ3n) is 11.0. The Labute approximate surface area is 334 Å². The van der Waals surface area contributed by atoms with Gasteiger partial charge in [-0.3, -0.25) is 19.1 Å². The summed E-state index contributed by atoms with van der Waals surface area (Å²) in [5.41, 5.74) is 4.27. The van der Waals surface area contributed by atoms with Crippen LogP contribution in [0.4, 0.5) is 10.5 Å². The fraction of sp³-hybridized carbons (Fsp3) is 0.537. The van der Waals surface area contributed by atoms with Crippen LogP contribution in [0.15, 0.2) is 48.6 Å². The van der Waals surface area contributed by atoms with Gasteiger partial charge in [0.25, 0.3) is 11.8 Å². The number of fused-ring (bicyclic) bond motifs is 4. The van der Waals surface area contributed by atoms with Crippen molar-refractivity contribution in [2.24, 2.45) is 5.92 Å². The highest BCUT2D eigenvalue weighted by molar-refractivity contribution is 7.98. The standard InChI is InChI=1S/C41H55N4O9PS/c1-8-54-55(49,13-11-52-37-19-29-18-28(4)33-17-27(3)24-44(33)39(46)31(29)20-35(37)50-5)14-12-53-38-22-34-32(21-36(38)51-6)40(47)43-23-26(2)16-30(43)25-45(34)41(48)42-10-9-15-56-7/h19-22,28,30,33H,2-3,8-18,23-25H2,1,4-7H3,(H,42,48)/t28?,30-,33-,55?/m0/s1. The maximum atomic E-state index is 14.1. The van der Waals surface area contributed by atoms with Gasteiger partial charge in [0.1, 0.15) is 0 Å². The smallest absolute Gasteiger partial charge is 0.321 e. The zero-order valence-electron chi connectivity index (χ0n) is 33.2. The molecule has 0 spiro atoms. The molecule has 0 bridgehead atoms. The van der Waals surface area contributed by atoms with Crippen molar-refractivity contribution in [2.45, 2.75) is 51.6 Å². The molecule has 4 aliphatic rings. The lowest BCUT2D eigenvalue weighted by atomic mass is 9.91. The van der Waals surface area contributed by atoms with Gasteiger partial charge in [0, 0.05) is 43.9 Å². The largest absolute Gasteiger partial charge is 0.493 e. The molecule has 15 heteroatoms. The second-order valence-corrected chi connectivity index (χ2v) is 18.7. The van der Waals surface area contributed by atoms with Crippen LogP contribution in [0.25, 0.3) is 0 Å². The number of benzene rings is 2. The molecule has 4 amide bonds. The molecule has 2 aromatic rings. The van der Waals surface area contributed by atoms with E-state index in [-0.39, 0.29) is 68.0 Å². The predicted molar refractivity (Wildman–Crippen MR) is 220 cm³/mol. The maximum Gasteiger partial charge on any atom is 0.321 e. The summed E-state index contributed by atoms with van der Waals surface area (Å²) in [6.07, 6.45) is 5.16. The van der Waals surface area contributed by atoms with Crippen molar-refractivity contribution in [3.05, 3.63) is 65.3 Å². The van der Waals surface area contributed by atoms with Gasteiger partial charge in [-0.25, -0.2) is 4.79 Å². The first-order valence-corrected chi connectivity index (χ1v) is 22.7. The highest BCUT2D eigenvalue weighted by Crippen LogP contribution is 2.47. The predicted octanol–water partition coefficient (Wildman–Crippen LogP) is 6.49. The molecule has 0 aromatic heterocycles. The number of amides is 4. The SMILES string of the molecule is C=C1C[C@H]2CN(C(=O)NCCCSC)c3cc(OCCP(=O)(CCOc4cc5c(cc4OC)C(=O)N4CC(=C)C[C@H]4C(C)C5)OCC)c(OC)cc3C(=O)N2C1. The van der Waals surface area contributed by atoms with Gasteiger partial charge in [0.2, 0.25) is 7.37 Å². The normalized spacial score (nSPS) is 21.4. The van der Waals surface area contributed by atoms with E-state index in [1.54, 1.807) is 46.7 Å². The Bertz CT molecular complexity index is 1910. The molecular weight excluding hydrogens is 756 g/mol. The summed E-state index contributed by atoms with van der Waals surface area (Å²) in [4.78, 5) is 46.4. The van der Waals surface area contributed by atoms with Gasteiger partial charge in [-0.05, 0) is 74.3 Å². The molecule has 2 saturated heterocycles. The molecule has 2 fully saturated rings. The van der Waals surface area contributed by atoms with Crippen molar-refractivity contribution in [1.82, 2.24) is 15.1 Å². The van der Waals surface area contributed by atoms with Gasteiger partial charge in [-0.2, -0.15) is 11.8 Å². The second-order valence-electron chi connectivity index (χ2n) is 14.9. The van der Waals surface area contributed by atoms with Crippen LogP contribution in [0, 0.1) is 5.92 Å². The van der Waals surface area contributed by atoms with E-state index in [0.29, 0.717) is 78.8 Å². The van der Waals surface area contributed by atoms with Crippen molar-refractivity contribution in [2.75, 3.05) is 89.5 Å². The van der Waals surface area contributed by atoms with E-state index in [1.165, 1.54) is 14.2 Å². The molecule has 1 N–H and O–H groups in total. The summed E-state index contributed by atoms with van der Waals surface area (Å²) in [5, 5.41) is 3.01. The van der Waals surface area contributed by atoms with Crippen LogP contribution in [0.5, 0.6) is 23.0 Å². The summed E-state index contributed by atoms with van der Waals surface area (Å²) in [5.74, 6) is 2.46. The van der Waals surface area contributed by atoms with Crippen LogP contribution >= 0.6 is 19.1 Å². The summed E-state index contributed by atoms with van der Waals surface area (Å²) in [6.45, 7) is 14.3. The lowest BCUT2D eigenvalue weighted by Crippen LogP contribution is -2.46. The van der Waals surface area contributed by atoms with E-state index < -0.39 is 7.37 Å². The minimum atomic E-state index is -3.26. The Morgan fingerprint density at radius 3 is 2.18 bits per heavy atom. The summed E-state index contributed by atoms with van der Waals surface area (Å²) < 4.78 is 43.7. The number of ether oxygens (including phenoxy) is 4. The van der Waals surface area contributed by atoms with Crippen molar-refractivity contribution in [3.63, 3.8) is 0 Å². The number of rotatable bonds is 16. The third kappa shape index (κ3) is 8.87. The number of carbonyl (C=O) groups excluding carboxylic acids is 3. The Morgan fingerprint density at radius 1 is 0.893 bits per heavy atom.